The van der Waals surface area contributed by atoms with Crippen molar-refractivity contribution in [2.24, 2.45) is 0 Å². The molecule has 16 heavy (non-hydrogen) atoms. The lowest BCUT2D eigenvalue weighted by Gasteiger charge is -2.08. The Labute approximate surface area is 102 Å². The predicted octanol–water partition coefficient (Wildman–Crippen LogP) is 1.67. The van der Waals surface area contributed by atoms with Crippen molar-refractivity contribution in [3.63, 3.8) is 0 Å². The first kappa shape index (κ1) is 13.0. The fraction of sp³-hybridized carbons (Fsp3) is 0.222. The highest BCUT2D eigenvalue weighted by Gasteiger charge is 2.13. The lowest BCUT2D eigenvalue weighted by atomic mass is 10.3. The minimum absolute atomic E-state index is 0.396. The predicted molar refractivity (Wildman–Crippen MR) is 63.8 cm³/mol. The number of sulfonamides is 1. The van der Waals surface area contributed by atoms with E-state index in [-0.39, 0.29) is 0 Å². The van der Waals surface area contributed by atoms with Crippen molar-refractivity contribution >= 4 is 37.6 Å². The summed E-state index contributed by atoms with van der Waals surface area (Å²) >= 11 is 3.19. The van der Waals surface area contributed by atoms with Crippen molar-refractivity contribution in [1.29, 1.82) is 0 Å². The van der Waals surface area contributed by atoms with Crippen LogP contribution in [0.2, 0.25) is 0 Å². The Morgan fingerprint density at radius 2 is 2.00 bits per heavy atom. The number of hydrogen-bond donors (Lipinski definition) is 2. The standard InChI is InChI=1S/C9H10BrNO4S/c10-7-3-1-2-4-8(7)11-16(14,15)6-5-9(12)13/h1-4,11H,5-6H2,(H,12,13). The van der Waals surface area contributed by atoms with E-state index in [2.05, 4.69) is 20.7 Å². The maximum Gasteiger partial charge on any atom is 0.304 e. The van der Waals surface area contributed by atoms with E-state index in [1.165, 1.54) is 0 Å². The summed E-state index contributed by atoms with van der Waals surface area (Å²) in [6, 6.07) is 6.70. The van der Waals surface area contributed by atoms with Crippen molar-refractivity contribution in [2.45, 2.75) is 6.42 Å². The van der Waals surface area contributed by atoms with Crippen LogP contribution in [0.1, 0.15) is 6.42 Å². The SMILES string of the molecule is O=C(O)CCS(=O)(=O)Nc1ccccc1Br. The topological polar surface area (TPSA) is 83.5 Å². The monoisotopic (exact) mass is 307 g/mol. The number of aliphatic carboxylic acids is 1. The quantitative estimate of drug-likeness (QED) is 0.866. The lowest BCUT2D eigenvalue weighted by molar-refractivity contribution is -0.136. The number of rotatable bonds is 5. The molecule has 5 nitrogen and oxygen atoms in total. The summed E-state index contributed by atoms with van der Waals surface area (Å²) in [5.74, 6) is -1.58. The average molecular weight is 308 g/mol. The maximum atomic E-state index is 11.5. The van der Waals surface area contributed by atoms with Gasteiger partial charge in [-0.15, -0.1) is 0 Å². The number of halogens is 1. The molecule has 0 atom stereocenters. The van der Waals surface area contributed by atoms with E-state index in [1.807, 2.05) is 0 Å². The number of para-hydroxylation sites is 1. The van der Waals surface area contributed by atoms with E-state index in [0.717, 1.165) is 0 Å². The molecule has 0 unspecified atom stereocenters. The summed E-state index contributed by atoms with van der Waals surface area (Å²) in [7, 11) is -3.61. The first-order valence-electron chi connectivity index (χ1n) is 4.37. The van der Waals surface area contributed by atoms with Crippen LogP contribution in [-0.2, 0) is 14.8 Å². The van der Waals surface area contributed by atoms with Crippen LogP contribution in [0.5, 0.6) is 0 Å². The van der Waals surface area contributed by atoms with Crippen LogP contribution in [0, 0.1) is 0 Å². The van der Waals surface area contributed by atoms with Gasteiger partial charge >= 0.3 is 5.97 Å². The molecule has 1 aromatic rings. The second-order valence-electron chi connectivity index (χ2n) is 3.04. The minimum Gasteiger partial charge on any atom is -0.481 e. The first-order chi connectivity index (χ1) is 7.41. The third kappa shape index (κ3) is 4.19. The van der Waals surface area contributed by atoms with E-state index in [1.54, 1.807) is 24.3 Å². The Bertz CT molecular complexity index is 486. The zero-order chi connectivity index (χ0) is 12.2. The molecule has 88 valence electrons. The zero-order valence-electron chi connectivity index (χ0n) is 8.18. The molecule has 0 saturated carbocycles. The molecule has 0 radical (unpaired) electrons. The number of hydrogen-bond acceptors (Lipinski definition) is 3. The largest absolute Gasteiger partial charge is 0.481 e. The number of carboxylic acids is 1. The normalized spacial score (nSPS) is 11.1. The molecule has 0 heterocycles. The summed E-state index contributed by atoms with van der Waals surface area (Å²) in [6.07, 6.45) is -0.417. The van der Waals surface area contributed by atoms with Gasteiger partial charge in [0.15, 0.2) is 0 Å². The Balaban J connectivity index is 2.73. The van der Waals surface area contributed by atoms with Gasteiger partial charge in [-0.2, -0.15) is 0 Å². The molecule has 0 aliphatic carbocycles. The van der Waals surface area contributed by atoms with E-state index in [4.69, 9.17) is 5.11 Å². The third-order valence-corrected chi connectivity index (χ3v) is 3.69. The van der Waals surface area contributed by atoms with E-state index < -0.39 is 28.2 Å². The molecule has 0 aliphatic heterocycles. The number of carbonyl (C=O) groups is 1. The molecule has 7 heteroatoms. The molecular formula is C9H10BrNO4S. The van der Waals surface area contributed by atoms with Crippen LogP contribution in [-0.4, -0.2) is 25.2 Å². The Hall–Kier alpha value is -1.08. The second-order valence-corrected chi connectivity index (χ2v) is 5.74. The number of nitrogens with one attached hydrogen (secondary N) is 1. The van der Waals surface area contributed by atoms with Crippen molar-refractivity contribution < 1.29 is 18.3 Å². The van der Waals surface area contributed by atoms with Gasteiger partial charge in [-0.05, 0) is 28.1 Å². The van der Waals surface area contributed by atoms with Crippen molar-refractivity contribution in [3.05, 3.63) is 28.7 Å². The van der Waals surface area contributed by atoms with Gasteiger partial charge < -0.3 is 5.11 Å². The van der Waals surface area contributed by atoms with Crippen LogP contribution < -0.4 is 4.72 Å². The van der Waals surface area contributed by atoms with Crippen LogP contribution in [0.3, 0.4) is 0 Å². The number of anilines is 1. The second kappa shape index (κ2) is 5.31. The van der Waals surface area contributed by atoms with Gasteiger partial charge in [0, 0.05) is 4.47 Å². The van der Waals surface area contributed by atoms with Gasteiger partial charge in [0.2, 0.25) is 10.0 Å². The Morgan fingerprint density at radius 1 is 1.38 bits per heavy atom. The van der Waals surface area contributed by atoms with Crippen molar-refractivity contribution in [3.8, 4) is 0 Å². The van der Waals surface area contributed by atoms with Gasteiger partial charge in [0.25, 0.3) is 0 Å². The van der Waals surface area contributed by atoms with Crippen molar-refractivity contribution in [1.82, 2.24) is 0 Å². The first-order valence-corrected chi connectivity index (χ1v) is 6.82. The Morgan fingerprint density at radius 3 is 2.56 bits per heavy atom. The van der Waals surface area contributed by atoms with E-state index >= 15 is 0 Å². The van der Waals surface area contributed by atoms with Crippen LogP contribution in [0.4, 0.5) is 5.69 Å². The molecule has 2 N–H and O–H groups in total. The van der Waals surface area contributed by atoms with Gasteiger partial charge in [0.1, 0.15) is 0 Å². The van der Waals surface area contributed by atoms with E-state index in [9.17, 15) is 13.2 Å². The molecule has 0 aliphatic rings. The summed E-state index contributed by atoms with van der Waals surface area (Å²) in [5.41, 5.74) is 0.396. The molecule has 0 bridgehead atoms. The highest BCUT2D eigenvalue weighted by molar-refractivity contribution is 9.10. The lowest BCUT2D eigenvalue weighted by Crippen LogP contribution is -2.19. The summed E-state index contributed by atoms with van der Waals surface area (Å²) in [6.45, 7) is 0. The summed E-state index contributed by atoms with van der Waals surface area (Å²) in [5, 5.41) is 8.40. The van der Waals surface area contributed by atoms with Gasteiger partial charge in [0.05, 0.1) is 17.9 Å². The smallest absolute Gasteiger partial charge is 0.304 e. The van der Waals surface area contributed by atoms with Gasteiger partial charge in [-0.3, -0.25) is 9.52 Å². The number of carboxylic acid groups (broad SMARTS) is 1. The molecule has 0 amide bonds. The minimum atomic E-state index is -3.61. The third-order valence-electron chi connectivity index (χ3n) is 1.72. The summed E-state index contributed by atoms with van der Waals surface area (Å²) in [4.78, 5) is 10.3. The summed E-state index contributed by atoms with van der Waals surface area (Å²) < 4.78 is 25.8. The Kier molecular flexibility index (Phi) is 4.31. The van der Waals surface area contributed by atoms with Crippen LogP contribution >= 0.6 is 15.9 Å². The number of benzene rings is 1. The molecular weight excluding hydrogens is 298 g/mol. The van der Waals surface area contributed by atoms with Crippen LogP contribution in [0.15, 0.2) is 28.7 Å². The average Bonchev–Trinajstić information content (AvgIpc) is 2.19. The van der Waals surface area contributed by atoms with Crippen LogP contribution in [0.25, 0.3) is 0 Å². The maximum absolute atomic E-state index is 11.5. The fourth-order valence-corrected chi connectivity index (χ4v) is 2.56. The molecule has 0 saturated heterocycles. The zero-order valence-corrected chi connectivity index (χ0v) is 10.6. The molecule has 1 rings (SSSR count). The van der Waals surface area contributed by atoms with E-state index in [0.29, 0.717) is 10.2 Å². The highest BCUT2D eigenvalue weighted by atomic mass is 79.9. The van der Waals surface area contributed by atoms with Gasteiger partial charge in [-0.1, -0.05) is 12.1 Å². The van der Waals surface area contributed by atoms with Gasteiger partial charge in [-0.25, -0.2) is 8.42 Å². The molecule has 0 fully saturated rings. The molecule has 1 aromatic carbocycles. The molecule has 0 aromatic heterocycles. The molecule has 0 spiro atoms. The van der Waals surface area contributed by atoms with Crippen molar-refractivity contribution in [2.75, 3.05) is 10.5 Å². The highest BCUT2D eigenvalue weighted by Crippen LogP contribution is 2.22. The fourth-order valence-electron chi connectivity index (χ4n) is 0.984.